The SMILES string of the molecule is CCC(c1cc2cccnc2cc1F)n1cnc2ncc(-c3cnc4ccccc4c3)nc21. The smallest absolute Gasteiger partial charge is 0.197 e. The van der Waals surface area contributed by atoms with Crippen molar-refractivity contribution in [1.29, 1.82) is 0 Å². The summed E-state index contributed by atoms with van der Waals surface area (Å²) in [6.07, 6.45) is 7.52. The van der Waals surface area contributed by atoms with Crippen LogP contribution in [0.3, 0.4) is 0 Å². The zero-order valence-corrected chi connectivity index (χ0v) is 17.9. The lowest BCUT2D eigenvalue weighted by molar-refractivity contribution is 0.527. The summed E-state index contributed by atoms with van der Waals surface area (Å²) in [5.41, 5.74) is 4.83. The fraction of sp³-hybridized carbons (Fsp3) is 0.115. The van der Waals surface area contributed by atoms with E-state index in [1.54, 1.807) is 24.9 Å². The van der Waals surface area contributed by atoms with Crippen LogP contribution in [-0.2, 0) is 0 Å². The minimum absolute atomic E-state index is 0.279. The van der Waals surface area contributed by atoms with Gasteiger partial charge in [0.05, 0.1) is 35.3 Å². The average molecular weight is 434 g/mol. The molecule has 1 atom stereocenters. The molecule has 1 unspecified atom stereocenters. The molecule has 6 nitrogen and oxygen atoms in total. The molecule has 0 spiro atoms. The van der Waals surface area contributed by atoms with Crippen LogP contribution in [0, 0.1) is 5.82 Å². The van der Waals surface area contributed by atoms with Crippen molar-refractivity contribution in [1.82, 2.24) is 29.5 Å². The fourth-order valence-corrected chi connectivity index (χ4v) is 4.32. The van der Waals surface area contributed by atoms with Gasteiger partial charge in [0.2, 0.25) is 0 Å². The zero-order chi connectivity index (χ0) is 22.4. The first-order valence-corrected chi connectivity index (χ1v) is 10.8. The van der Waals surface area contributed by atoms with Gasteiger partial charge in [-0.1, -0.05) is 31.2 Å². The molecule has 0 N–H and O–H groups in total. The van der Waals surface area contributed by atoms with E-state index < -0.39 is 0 Å². The first-order chi connectivity index (χ1) is 16.2. The molecule has 6 rings (SSSR count). The Morgan fingerprint density at radius 2 is 1.73 bits per heavy atom. The number of hydrogen-bond acceptors (Lipinski definition) is 5. The average Bonchev–Trinajstić information content (AvgIpc) is 3.27. The van der Waals surface area contributed by atoms with Gasteiger partial charge in [-0.25, -0.2) is 19.3 Å². The number of pyridine rings is 2. The van der Waals surface area contributed by atoms with Crippen LogP contribution in [0.15, 0.2) is 79.5 Å². The standard InChI is InChI=1S/C26H19FN6/c1-2-24(19-11-17-7-5-9-28-22(17)12-20(19)27)33-15-31-25-26(33)32-23(14-30-25)18-10-16-6-3-4-8-21(16)29-13-18/h3-15,24H,2H2,1H3. The third kappa shape index (κ3) is 3.29. The monoisotopic (exact) mass is 434 g/mol. The van der Waals surface area contributed by atoms with Crippen molar-refractivity contribution < 1.29 is 4.39 Å². The predicted molar refractivity (Wildman–Crippen MR) is 126 cm³/mol. The van der Waals surface area contributed by atoms with Crippen LogP contribution in [0.5, 0.6) is 0 Å². The number of para-hydroxylation sites is 1. The fourth-order valence-electron chi connectivity index (χ4n) is 4.32. The molecule has 0 bridgehead atoms. The van der Waals surface area contributed by atoms with E-state index in [2.05, 4.69) is 19.9 Å². The highest BCUT2D eigenvalue weighted by Crippen LogP contribution is 2.30. The molecule has 4 aromatic heterocycles. The zero-order valence-electron chi connectivity index (χ0n) is 17.9. The molecular weight excluding hydrogens is 415 g/mol. The summed E-state index contributed by atoms with van der Waals surface area (Å²) in [6.45, 7) is 2.02. The second-order valence-corrected chi connectivity index (χ2v) is 7.96. The second-order valence-electron chi connectivity index (χ2n) is 7.96. The Morgan fingerprint density at radius 3 is 2.64 bits per heavy atom. The predicted octanol–water partition coefficient (Wildman–Crippen LogP) is 5.73. The van der Waals surface area contributed by atoms with Gasteiger partial charge in [0.25, 0.3) is 0 Å². The molecule has 0 saturated carbocycles. The summed E-state index contributed by atoms with van der Waals surface area (Å²) in [7, 11) is 0. The van der Waals surface area contributed by atoms with E-state index in [1.165, 1.54) is 6.07 Å². The third-order valence-electron chi connectivity index (χ3n) is 5.97. The molecule has 0 aliphatic carbocycles. The normalized spacial score (nSPS) is 12.5. The number of benzene rings is 2. The molecule has 7 heteroatoms. The van der Waals surface area contributed by atoms with E-state index >= 15 is 4.39 Å². The number of imidazole rings is 1. The molecule has 0 aliphatic heterocycles. The quantitative estimate of drug-likeness (QED) is 0.354. The van der Waals surface area contributed by atoms with Crippen molar-refractivity contribution in [2.75, 3.05) is 0 Å². The largest absolute Gasteiger partial charge is 0.306 e. The highest BCUT2D eigenvalue weighted by atomic mass is 19.1. The van der Waals surface area contributed by atoms with Crippen molar-refractivity contribution in [3.05, 3.63) is 90.9 Å². The molecule has 4 heterocycles. The van der Waals surface area contributed by atoms with E-state index in [-0.39, 0.29) is 11.9 Å². The summed E-state index contributed by atoms with van der Waals surface area (Å²) in [6, 6.07) is 16.9. The van der Waals surface area contributed by atoms with Crippen LogP contribution in [0.2, 0.25) is 0 Å². The topological polar surface area (TPSA) is 69.4 Å². The van der Waals surface area contributed by atoms with Gasteiger partial charge < -0.3 is 4.57 Å². The van der Waals surface area contributed by atoms with E-state index in [4.69, 9.17) is 4.98 Å². The minimum atomic E-state index is -0.294. The molecule has 160 valence electrons. The molecule has 0 fully saturated rings. The summed E-state index contributed by atoms with van der Waals surface area (Å²) >= 11 is 0. The molecule has 0 amide bonds. The maximum atomic E-state index is 15.1. The van der Waals surface area contributed by atoms with Crippen LogP contribution in [0.4, 0.5) is 4.39 Å². The van der Waals surface area contributed by atoms with Gasteiger partial charge in [0.1, 0.15) is 5.82 Å². The van der Waals surface area contributed by atoms with Crippen LogP contribution in [0.25, 0.3) is 44.4 Å². The Bertz CT molecular complexity index is 1640. The number of halogens is 1. The Hall–Kier alpha value is -4.26. The van der Waals surface area contributed by atoms with Gasteiger partial charge in [-0.15, -0.1) is 0 Å². The van der Waals surface area contributed by atoms with Crippen LogP contribution in [-0.4, -0.2) is 29.5 Å². The summed E-state index contributed by atoms with van der Waals surface area (Å²) in [5, 5.41) is 1.93. The molecule has 6 aromatic rings. The van der Waals surface area contributed by atoms with Crippen molar-refractivity contribution in [2.24, 2.45) is 0 Å². The molecule has 0 radical (unpaired) electrons. The molecule has 0 aliphatic rings. The number of fused-ring (bicyclic) bond motifs is 3. The second kappa shape index (κ2) is 7.70. The van der Waals surface area contributed by atoms with Crippen molar-refractivity contribution in [2.45, 2.75) is 19.4 Å². The van der Waals surface area contributed by atoms with Crippen LogP contribution >= 0.6 is 0 Å². The maximum absolute atomic E-state index is 15.1. The highest BCUT2D eigenvalue weighted by molar-refractivity contribution is 5.83. The lowest BCUT2D eigenvalue weighted by atomic mass is 10.0. The van der Waals surface area contributed by atoms with Crippen LogP contribution in [0.1, 0.15) is 24.9 Å². The molecular formula is C26H19FN6. The lowest BCUT2D eigenvalue weighted by Crippen LogP contribution is -2.11. The molecule has 33 heavy (non-hydrogen) atoms. The Labute approximate surface area is 188 Å². The van der Waals surface area contributed by atoms with Gasteiger partial charge in [-0.3, -0.25) is 9.97 Å². The lowest BCUT2D eigenvalue weighted by Gasteiger charge is -2.19. The number of rotatable bonds is 4. The Balaban J connectivity index is 1.48. The highest BCUT2D eigenvalue weighted by Gasteiger charge is 2.21. The van der Waals surface area contributed by atoms with E-state index in [9.17, 15) is 0 Å². The Morgan fingerprint density at radius 1 is 0.879 bits per heavy atom. The van der Waals surface area contributed by atoms with Gasteiger partial charge in [0.15, 0.2) is 11.3 Å². The minimum Gasteiger partial charge on any atom is -0.306 e. The first-order valence-electron chi connectivity index (χ1n) is 10.8. The van der Waals surface area contributed by atoms with Crippen molar-refractivity contribution in [3.8, 4) is 11.3 Å². The van der Waals surface area contributed by atoms with Gasteiger partial charge in [-0.2, -0.15) is 0 Å². The first kappa shape index (κ1) is 19.4. The van der Waals surface area contributed by atoms with Gasteiger partial charge >= 0.3 is 0 Å². The maximum Gasteiger partial charge on any atom is 0.197 e. The van der Waals surface area contributed by atoms with Crippen molar-refractivity contribution >= 4 is 33.1 Å². The van der Waals surface area contributed by atoms with Crippen LogP contribution < -0.4 is 0 Å². The van der Waals surface area contributed by atoms with Crippen molar-refractivity contribution in [3.63, 3.8) is 0 Å². The van der Waals surface area contributed by atoms with Gasteiger partial charge in [0, 0.05) is 40.4 Å². The van der Waals surface area contributed by atoms with Gasteiger partial charge in [-0.05, 0) is 30.7 Å². The summed E-state index contributed by atoms with van der Waals surface area (Å²) in [5.74, 6) is -0.294. The van der Waals surface area contributed by atoms with E-state index in [1.807, 2.05) is 60.0 Å². The molecule has 0 saturated heterocycles. The number of aromatic nitrogens is 6. The molecule has 2 aromatic carbocycles. The third-order valence-corrected chi connectivity index (χ3v) is 5.97. The number of hydrogen-bond donors (Lipinski definition) is 0. The van der Waals surface area contributed by atoms with E-state index in [0.29, 0.717) is 34.5 Å². The Kier molecular flexibility index (Phi) is 4.54. The summed E-state index contributed by atoms with van der Waals surface area (Å²) < 4.78 is 17.0. The van der Waals surface area contributed by atoms with E-state index in [0.717, 1.165) is 21.9 Å². The summed E-state index contributed by atoms with van der Waals surface area (Å²) in [4.78, 5) is 22.6. The number of nitrogens with zero attached hydrogens (tertiary/aromatic N) is 6.